The van der Waals surface area contributed by atoms with Crippen molar-refractivity contribution in [1.82, 2.24) is 15.2 Å². The van der Waals surface area contributed by atoms with E-state index in [2.05, 4.69) is 10.3 Å². The van der Waals surface area contributed by atoms with Crippen LogP contribution in [0.5, 0.6) is 11.5 Å². The molecule has 0 saturated carbocycles. The smallest absolute Gasteiger partial charge is 0.270 e. The Labute approximate surface area is 204 Å². The van der Waals surface area contributed by atoms with Gasteiger partial charge in [-0.15, -0.1) is 0 Å². The Morgan fingerprint density at radius 3 is 2.59 bits per heavy atom. The molecule has 2 N–H and O–H groups in total. The van der Waals surface area contributed by atoms with E-state index < -0.39 is 0 Å². The number of likely N-dealkylation sites (tertiary alicyclic amines) is 1. The number of hydrogen-bond donors (Lipinski definition) is 2. The highest BCUT2D eigenvalue weighted by Gasteiger charge is 2.30. The number of nitrogens with zero attached hydrogens (tertiary/aromatic N) is 1. The van der Waals surface area contributed by atoms with Gasteiger partial charge >= 0.3 is 0 Å². The summed E-state index contributed by atoms with van der Waals surface area (Å²) in [5.41, 5.74) is 2.35. The number of hydrogen-bond acceptors (Lipinski definition) is 4. The summed E-state index contributed by atoms with van der Waals surface area (Å²) in [6.45, 7) is 3.61. The number of H-pyrrole nitrogens is 1. The zero-order chi connectivity index (χ0) is 24.2. The van der Waals surface area contributed by atoms with Crippen molar-refractivity contribution in [2.75, 3.05) is 27.3 Å². The summed E-state index contributed by atoms with van der Waals surface area (Å²) < 4.78 is 10.6. The number of aromatic nitrogens is 1. The fourth-order valence-electron chi connectivity index (χ4n) is 4.55. The van der Waals surface area contributed by atoms with Gasteiger partial charge in [0.15, 0.2) is 0 Å². The van der Waals surface area contributed by atoms with Gasteiger partial charge in [0.2, 0.25) is 5.91 Å². The molecule has 1 atom stereocenters. The van der Waals surface area contributed by atoms with Crippen molar-refractivity contribution in [3.8, 4) is 11.5 Å². The number of nitrogens with one attached hydrogen (secondary N) is 2. The van der Waals surface area contributed by atoms with Crippen molar-refractivity contribution < 1.29 is 19.1 Å². The van der Waals surface area contributed by atoms with Gasteiger partial charge in [-0.3, -0.25) is 9.59 Å². The molecule has 1 aliphatic heterocycles. The first-order valence-electron chi connectivity index (χ1n) is 11.5. The van der Waals surface area contributed by atoms with Crippen LogP contribution in [0.25, 0.3) is 10.9 Å². The van der Waals surface area contributed by atoms with Crippen molar-refractivity contribution in [1.29, 1.82) is 0 Å². The maximum Gasteiger partial charge on any atom is 0.270 e. The molecule has 0 bridgehead atoms. The van der Waals surface area contributed by atoms with Crippen LogP contribution in [-0.4, -0.2) is 49.0 Å². The molecule has 2 heterocycles. The van der Waals surface area contributed by atoms with Gasteiger partial charge in [0.25, 0.3) is 5.91 Å². The van der Waals surface area contributed by atoms with Crippen LogP contribution in [0.2, 0.25) is 5.02 Å². The second-order valence-corrected chi connectivity index (χ2v) is 9.16. The lowest BCUT2D eigenvalue weighted by atomic mass is 9.84. The Bertz CT molecular complexity index is 1180. The van der Waals surface area contributed by atoms with E-state index in [0.29, 0.717) is 41.8 Å². The highest BCUT2D eigenvalue weighted by molar-refractivity contribution is 6.31. The molecular weight excluding hydrogens is 454 g/mol. The van der Waals surface area contributed by atoms with Gasteiger partial charge in [0.1, 0.15) is 17.2 Å². The number of benzene rings is 2. The number of amides is 2. The number of aromatic amines is 1. The summed E-state index contributed by atoms with van der Waals surface area (Å²) in [4.78, 5) is 30.9. The van der Waals surface area contributed by atoms with Crippen LogP contribution in [0.4, 0.5) is 0 Å². The summed E-state index contributed by atoms with van der Waals surface area (Å²) in [6.07, 6.45) is 1.58. The molecule has 8 heteroatoms. The third-order valence-corrected chi connectivity index (χ3v) is 6.94. The normalized spacial score (nSPS) is 15.2. The van der Waals surface area contributed by atoms with E-state index in [1.165, 1.54) is 0 Å². The van der Waals surface area contributed by atoms with Gasteiger partial charge in [0.05, 0.1) is 14.2 Å². The van der Waals surface area contributed by atoms with E-state index in [4.69, 9.17) is 21.1 Å². The number of methoxy groups -OCH3 is 2. The molecule has 34 heavy (non-hydrogen) atoms. The summed E-state index contributed by atoms with van der Waals surface area (Å²) in [6, 6.07) is 12.9. The number of piperidine rings is 1. The molecule has 0 unspecified atom stereocenters. The molecule has 1 aromatic heterocycles. The molecule has 0 spiro atoms. The average Bonchev–Trinajstić information content (AvgIpc) is 3.29. The molecule has 1 saturated heterocycles. The Hall–Kier alpha value is -3.19. The Morgan fingerprint density at radius 2 is 1.88 bits per heavy atom. The van der Waals surface area contributed by atoms with Crippen LogP contribution in [-0.2, 0) is 11.3 Å². The van der Waals surface area contributed by atoms with Gasteiger partial charge in [-0.25, -0.2) is 0 Å². The molecule has 4 rings (SSSR count). The van der Waals surface area contributed by atoms with E-state index >= 15 is 0 Å². The van der Waals surface area contributed by atoms with E-state index in [1.54, 1.807) is 26.4 Å². The first kappa shape index (κ1) is 24.0. The van der Waals surface area contributed by atoms with Gasteiger partial charge in [-0.2, -0.15) is 0 Å². The standard InChI is InChI=1S/C26H30ClN3O4/c1-16(25(31)28-15-18-4-6-21(33-2)14-24(18)34-3)17-8-10-30(11-9-17)26(32)23-13-19-12-20(27)5-7-22(19)29-23/h4-7,12-14,16-17,29H,8-11,15H2,1-3H3,(H,28,31)/t16-/m1/s1. The molecule has 2 amide bonds. The topological polar surface area (TPSA) is 83.7 Å². The third kappa shape index (κ3) is 5.14. The predicted octanol–water partition coefficient (Wildman–Crippen LogP) is 4.64. The Morgan fingerprint density at radius 1 is 1.12 bits per heavy atom. The molecule has 0 aliphatic carbocycles. The molecule has 180 valence electrons. The Kier molecular flexibility index (Phi) is 7.32. The quantitative estimate of drug-likeness (QED) is 0.512. The lowest BCUT2D eigenvalue weighted by Crippen LogP contribution is -2.42. The van der Waals surface area contributed by atoms with Crippen molar-refractivity contribution in [2.24, 2.45) is 11.8 Å². The third-order valence-electron chi connectivity index (χ3n) is 6.71. The lowest BCUT2D eigenvalue weighted by Gasteiger charge is -2.34. The van der Waals surface area contributed by atoms with E-state index in [1.807, 2.05) is 42.2 Å². The number of fused-ring (bicyclic) bond motifs is 1. The second kappa shape index (κ2) is 10.4. The average molecular weight is 484 g/mol. The number of halogens is 1. The van der Waals surface area contributed by atoms with Gasteiger partial charge in [0, 0.05) is 53.1 Å². The minimum atomic E-state index is -0.142. The molecule has 0 radical (unpaired) electrons. The van der Waals surface area contributed by atoms with Crippen molar-refractivity contribution >= 4 is 34.3 Å². The number of carbonyl (C=O) groups is 2. The van der Waals surface area contributed by atoms with Crippen LogP contribution >= 0.6 is 11.6 Å². The Balaban J connectivity index is 1.30. The lowest BCUT2D eigenvalue weighted by molar-refractivity contribution is -0.126. The molecule has 1 aliphatic rings. The van der Waals surface area contributed by atoms with E-state index in [-0.39, 0.29) is 23.7 Å². The highest BCUT2D eigenvalue weighted by atomic mass is 35.5. The van der Waals surface area contributed by atoms with Gasteiger partial charge < -0.3 is 24.7 Å². The van der Waals surface area contributed by atoms with Crippen LogP contribution in [0, 0.1) is 11.8 Å². The van der Waals surface area contributed by atoms with Crippen molar-refractivity contribution in [3.63, 3.8) is 0 Å². The van der Waals surface area contributed by atoms with E-state index in [0.717, 1.165) is 29.3 Å². The number of ether oxygens (including phenoxy) is 2. The largest absolute Gasteiger partial charge is 0.497 e. The molecule has 7 nitrogen and oxygen atoms in total. The fraction of sp³-hybridized carbons (Fsp3) is 0.385. The number of carbonyl (C=O) groups excluding carboxylic acids is 2. The SMILES string of the molecule is COc1ccc(CNC(=O)[C@H](C)C2CCN(C(=O)c3cc4cc(Cl)ccc4[nH]3)CC2)c(OC)c1. The maximum absolute atomic E-state index is 13.0. The first-order valence-corrected chi connectivity index (χ1v) is 11.8. The molecule has 1 fully saturated rings. The van der Waals surface area contributed by atoms with Gasteiger partial charge in [-0.1, -0.05) is 18.5 Å². The van der Waals surface area contributed by atoms with Crippen LogP contribution in [0.15, 0.2) is 42.5 Å². The zero-order valence-corrected chi connectivity index (χ0v) is 20.4. The van der Waals surface area contributed by atoms with Crippen LogP contribution in [0.1, 0.15) is 35.8 Å². The molecular formula is C26H30ClN3O4. The number of rotatable bonds is 7. The van der Waals surface area contributed by atoms with Crippen molar-refractivity contribution in [3.05, 3.63) is 58.7 Å². The summed E-state index contributed by atoms with van der Waals surface area (Å²) in [7, 11) is 3.20. The fourth-order valence-corrected chi connectivity index (χ4v) is 4.73. The van der Waals surface area contributed by atoms with E-state index in [9.17, 15) is 9.59 Å². The minimum Gasteiger partial charge on any atom is -0.497 e. The highest BCUT2D eigenvalue weighted by Crippen LogP contribution is 2.28. The molecule has 2 aromatic carbocycles. The maximum atomic E-state index is 13.0. The second-order valence-electron chi connectivity index (χ2n) is 8.73. The molecule has 3 aromatic rings. The summed E-state index contributed by atoms with van der Waals surface area (Å²) >= 11 is 6.06. The van der Waals surface area contributed by atoms with Gasteiger partial charge in [-0.05, 0) is 55.2 Å². The minimum absolute atomic E-state index is 0.00939. The van der Waals surface area contributed by atoms with Crippen molar-refractivity contribution in [2.45, 2.75) is 26.3 Å². The summed E-state index contributed by atoms with van der Waals surface area (Å²) in [5, 5.41) is 4.59. The monoisotopic (exact) mass is 483 g/mol. The first-order chi connectivity index (χ1) is 16.4. The zero-order valence-electron chi connectivity index (χ0n) is 19.7. The van der Waals surface area contributed by atoms with Crippen LogP contribution < -0.4 is 14.8 Å². The van der Waals surface area contributed by atoms with Crippen LogP contribution in [0.3, 0.4) is 0 Å². The predicted molar refractivity (Wildman–Crippen MR) is 132 cm³/mol. The summed E-state index contributed by atoms with van der Waals surface area (Å²) in [5.74, 6) is 1.46.